The van der Waals surface area contributed by atoms with E-state index in [9.17, 15) is 0 Å². The first-order valence-corrected chi connectivity index (χ1v) is 6.82. The van der Waals surface area contributed by atoms with Gasteiger partial charge in [0.25, 0.3) is 0 Å². The molecule has 0 atom stereocenters. The zero-order valence-corrected chi connectivity index (χ0v) is 12.2. The van der Waals surface area contributed by atoms with Crippen LogP contribution >= 0.6 is 11.6 Å². The fourth-order valence-corrected chi connectivity index (χ4v) is 1.74. The van der Waals surface area contributed by atoms with Crippen LogP contribution in [0.4, 0.5) is 0 Å². The Kier molecular flexibility index (Phi) is 6.84. The van der Waals surface area contributed by atoms with E-state index in [1.165, 1.54) is 11.1 Å². The molecule has 0 unspecified atom stereocenters. The van der Waals surface area contributed by atoms with Crippen LogP contribution in [0.2, 0.25) is 0 Å². The highest BCUT2D eigenvalue weighted by Gasteiger charge is 1.97. The highest BCUT2D eigenvalue weighted by atomic mass is 35.5. The molecule has 0 saturated carbocycles. The fourth-order valence-electron chi connectivity index (χ4n) is 1.48. The summed E-state index contributed by atoms with van der Waals surface area (Å²) in [5, 5.41) is 0. The van der Waals surface area contributed by atoms with Gasteiger partial charge in [-0.2, -0.15) is 0 Å². The third-order valence-electron chi connectivity index (χ3n) is 2.68. The molecule has 0 aliphatic rings. The molecule has 0 N–H and O–H groups in total. The van der Waals surface area contributed by atoms with Crippen LogP contribution in [0.25, 0.3) is 6.08 Å². The van der Waals surface area contributed by atoms with Gasteiger partial charge in [-0.3, -0.25) is 0 Å². The minimum absolute atomic E-state index is 0.595. The number of likely N-dealkylation sites (N-methyl/N-ethyl adjacent to an activating group) is 1. The highest BCUT2D eigenvalue weighted by Crippen LogP contribution is 2.16. The monoisotopic (exact) mass is 267 g/mol. The molecule has 0 saturated heterocycles. The van der Waals surface area contributed by atoms with Gasteiger partial charge in [0, 0.05) is 12.4 Å². The summed E-state index contributed by atoms with van der Waals surface area (Å²) >= 11 is 5.85. The largest absolute Gasteiger partial charge is 0.492 e. The van der Waals surface area contributed by atoms with Gasteiger partial charge < -0.3 is 9.64 Å². The van der Waals surface area contributed by atoms with Gasteiger partial charge >= 0.3 is 0 Å². The van der Waals surface area contributed by atoms with E-state index in [1.54, 1.807) is 0 Å². The lowest BCUT2D eigenvalue weighted by Gasteiger charge is -2.11. The van der Waals surface area contributed by atoms with E-state index in [-0.39, 0.29) is 0 Å². The molecule has 18 heavy (non-hydrogen) atoms. The summed E-state index contributed by atoms with van der Waals surface area (Å²) in [6.45, 7) is 3.75. The van der Waals surface area contributed by atoms with Gasteiger partial charge in [-0.25, -0.2) is 0 Å². The number of halogens is 1. The van der Waals surface area contributed by atoms with Crippen molar-refractivity contribution in [2.75, 3.05) is 33.1 Å². The maximum Gasteiger partial charge on any atom is 0.119 e. The Balaban J connectivity index is 2.54. The quantitative estimate of drug-likeness (QED) is 0.699. The standard InChI is InChI=1S/C15H22ClNO/c1-4-13(12-16)11-14-5-7-15(8-6-14)18-10-9-17(2)3/h5-8,11H,4,9-10,12H2,1-3H3. The van der Waals surface area contributed by atoms with Crippen molar-refractivity contribution < 1.29 is 4.74 Å². The van der Waals surface area contributed by atoms with Gasteiger partial charge in [0.15, 0.2) is 0 Å². The van der Waals surface area contributed by atoms with Gasteiger partial charge in [-0.15, -0.1) is 11.6 Å². The number of hydrogen-bond acceptors (Lipinski definition) is 2. The van der Waals surface area contributed by atoms with Crippen LogP contribution in [0.3, 0.4) is 0 Å². The van der Waals surface area contributed by atoms with Crippen molar-refractivity contribution >= 4 is 17.7 Å². The Morgan fingerprint density at radius 3 is 2.44 bits per heavy atom. The molecule has 0 amide bonds. The summed E-state index contributed by atoms with van der Waals surface area (Å²) < 4.78 is 5.64. The summed E-state index contributed by atoms with van der Waals surface area (Å²) in [5.74, 6) is 1.51. The molecule has 0 heterocycles. The minimum Gasteiger partial charge on any atom is -0.492 e. The first-order chi connectivity index (χ1) is 8.65. The van der Waals surface area contributed by atoms with Crippen molar-refractivity contribution in [1.29, 1.82) is 0 Å². The zero-order valence-electron chi connectivity index (χ0n) is 11.4. The van der Waals surface area contributed by atoms with E-state index < -0.39 is 0 Å². The number of allylic oxidation sites excluding steroid dienone is 1. The van der Waals surface area contributed by atoms with Crippen LogP contribution in [0.1, 0.15) is 18.9 Å². The summed E-state index contributed by atoms with van der Waals surface area (Å²) in [7, 11) is 4.07. The van der Waals surface area contributed by atoms with E-state index in [2.05, 4.69) is 30.0 Å². The maximum atomic E-state index is 5.85. The van der Waals surface area contributed by atoms with Crippen LogP contribution in [0, 0.1) is 0 Å². The topological polar surface area (TPSA) is 12.5 Å². The van der Waals surface area contributed by atoms with E-state index in [1.807, 2.05) is 26.2 Å². The van der Waals surface area contributed by atoms with Crippen LogP contribution < -0.4 is 4.74 Å². The lowest BCUT2D eigenvalue weighted by molar-refractivity contribution is 0.261. The second-order valence-corrected chi connectivity index (χ2v) is 4.78. The summed E-state index contributed by atoms with van der Waals surface area (Å²) in [6, 6.07) is 8.13. The van der Waals surface area contributed by atoms with E-state index in [0.29, 0.717) is 12.5 Å². The Morgan fingerprint density at radius 1 is 1.28 bits per heavy atom. The van der Waals surface area contributed by atoms with Crippen LogP contribution in [0.15, 0.2) is 29.8 Å². The Labute approximate surface area is 115 Å². The average molecular weight is 268 g/mol. The molecule has 0 aliphatic carbocycles. The fraction of sp³-hybridized carbons (Fsp3) is 0.467. The van der Waals surface area contributed by atoms with Crippen LogP contribution in [0.5, 0.6) is 5.75 Å². The lowest BCUT2D eigenvalue weighted by Crippen LogP contribution is -2.19. The van der Waals surface area contributed by atoms with E-state index in [0.717, 1.165) is 18.7 Å². The molecule has 0 radical (unpaired) electrons. The normalized spacial score (nSPS) is 11.9. The van der Waals surface area contributed by atoms with Crippen molar-refractivity contribution in [3.8, 4) is 5.75 Å². The second kappa shape index (κ2) is 8.17. The number of hydrogen-bond donors (Lipinski definition) is 0. The van der Waals surface area contributed by atoms with Gasteiger partial charge in [-0.1, -0.05) is 30.7 Å². The zero-order chi connectivity index (χ0) is 13.4. The molecule has 1 rings (SSSR count). The third-order valence-corrected chi connectivity index (χ3v) is 3.03. The second-order valence-electron chi connectivity index (χ2n) is 4.51. The molecule has 3 heteroatoms. The van der Waals surface area contributed by atoms with Gasteiger partial charge in [0.1, 0.15) is 12.4 Å². The molecular weight excluding hydrogens is 246 g/mol. The van der Waals surface area contributed by atoms with Crippen molar-refractivity contribution in [3.05, 3.63) is 35.4 Å². The Hall–Kier alpha value is -0.990. The maximum absolute atomic E-state index is 5.85. The molecule has 1 aromatic carbocycles. The van der Waals surface area contributed by atoms with Crippen LogP contribution in [-0.4, -0.2) is 38.0 Å². The molecule has 2 nitrogen and oxygen atoms in total. The number of ether oxygens (including phenoxy) is 1. The molecule has 0 fully saturated rings. The van der Waals surface area contributed by atoms with Crippen molar-refractivity contribution in [2.45, 2.75) is 13.3 Å². The van der Waals surface area contributed by atoms with Gasteiger partial charge in [0.2, 0.25) is 0 Å². The predicted octanol–water partition coefficient (Wildman–Crippen LogP) is 3.66. The summed E-state index contributed by atoms with van der Waals surface area (Å²) in [5.41, 5.74) is 2.42. The summed E-state index contributed by atoms with van der Waals surface area (Å²) in [6.07, 6.45) is 3.13. The third kappa shape index (κ3) is 5.56. The Bertz CT molecular complexity index is 365. The SMILES string of the molecule is CCC(=Cc1ccc(OCCN(C)C)cc1)CCl. The van der Waals surface area contributed by atoms with Crippen molar-refractivity contribution in [2.24, 2.45) is 0 Å². The Morgan fingerprint density at radius 2 is 1.94 bits per heavy atom. The smallest absolute Gasteiger partial charge is 0.119 e. The van der Waals surface area contributed by atoms with Gasteiger partial charge in [0.05, 0.1) is 0 Å². The molecule has 0 aliphatic heterocycles. The van der Waals surface area contributed by atoms with Crippen molar-refractivity contribution in [1.82, 2.24) is 4.90 Å². The summed E-state index contributed by atoms with van der Waals surface area (Å²) in [4.78, 5) is 2.10. The van der Waals surface area contributed by atoms with E-state index in [4.69, 9.17) is 16.3 Å². The first kappa shape index (κ1) is 15.1. The predicted molar refractivity (Wildman–Crippen MR) is 79.5 cm³/mol. The van der Waals surface area contributed by atoms with Crippen molar-refractivity contribution in [3.63, 3.8) is 0 Å². The molecule has 1 aromatic rings. The number of rotatable bonds is 7. The molecular formula is C15H22ClNO. The van der Waals surface area contributed by atoms with Gasteiger partial charge in [-0.05, 0) is 38.2 Å². The van der Waals surface area contributed by atoms with E-state index >= 15 is 0 Å². The average Bonchev–Trinajstić information content (AvgIpc) is 2.37. The molecule has 100 valence electrons. The first-order valence-electron chi connectivity index (χ1n) is 6.28. The minimum atomic E-state index is 0.595. The molecule has 0 spiro atoms. The number of benzene rings is 1. The molecule has 0 aromatic heterocycles. The lowest BCUT2D eigenvalue weighted by atomic mass is 10.1. The number of alkyl halides is 1. The highest BCUT2D eigenvalue weighted by molar-refractivity contribution is 6.19. The number of nitrogens with zero attached hydrogens (tertiary/aromatic N) is 1. The molecule has 0 bridgehead atoms. The van der Waals surface area contributed by atoms with Crippen LogP contribution in [-0.2, 0) is 0 Å².